The minimum Gasteiger partial charge on any atom is -0.426 e. The van der Waals surface area contributed by atoms with E-state index >= 15 is 0 Å². The molecule has 2 aromatic carbocycles. The lowest BCUT2D eigenvalue weighted by Crippen LogP contribution is -2.28. The van der Waals surface area contributed by atoms with Gasteiger partial charge in [0, 0.05) is 18.0 Å². The number of carbonyl (C=O) groups is 2. The summed E-state index contributed by atoms with van der Waals surface area (Å²) in [6.45, 7) is 0.103. The second kappa shape index (κ2) is 6.38. The van der Waals surface area contributed by atoms with E-state index in [-0.39, 0.29) is 24.6 Å². The van der Waals surface area contributed by atoms with Gasteiger partial charge in [-0.05, 0) is 36.4 Å². The molecule has 0 bridgehead atoms. The van der Waals surface area contributed by atoms with Gasteiger partial charge in [0.25, 0.3) is 0 Å². The van der Waals surface area contributed by atoms with Gasteiger partial charge in [0.05, 0.1) is 11.6 Å². The molecule has 0 aromatic heterocycles. The Morgan fingerprint density at radius 2 is 1.87 bits per heavy atom. The molecule has 2 aromatic rings. The Hall–Kier alpha value is -2.40. The number of anilines is 1. The highest BCUT2D eigenvalue weighted by Crippen LogP contribution is 2.28. The van der Waals surface area contributed by atoms with Gasteiger partial charge in [-0.15, -0.1) is 0 Å². The average molecular weight is 334 g/mol. The minimum atomic E-state index is -0.627. The second-order valence-corrected chi connectivity index (χ2v) is 5.67. The van der Waals surface area contributed by atoms with Gasteiger partial charge < -0.3 is 9.64 Å². The molecule has 3 rings (SSSR count). The monoisotopic (exact) mass is 333 g/mol. The molecule has 118 valence electrons. The molecule has 1 fully saturated rings. The van der Waals surface area contributed by atoms with Crippen LogP contribution in [0.4, 0.5) is 10.1 Å². The fourth-order valence-corrected chi connectivity index (χ4v) is 2.60. The third-order valence-corrected chi connectivity index (χ3v) is 3.89. The molecule has 0 N–H and O–H groups in total. The van der Waals surface area contributed by atoms with E-state index in [0.717, 1.165) is 0 Å². The van der Waals surface area contributed by atoms with Crippen LogP contribution in [0.3, 0.4) is 0 Å². The summed E-state index contributed by atoms with van der Waals surface area (Å²) in [5.74, 6) is -1.57. The van der Waals surface area contributed by atoms with E-state index < -0.39 is 17.7 Å². The Bertz CT molecular complexity index is 748. The van der Waals surface area contributed by atoms with E-state index in [0.29, 0.717) is 10.8 Å². The van der Waals surface area contributed by atoms with Gasteiger partial charge in [-0.25, -0.2) is 4.39 Å². The van der Waals surface area contributed by atoms with E-state index in [1.807, 2.05) is 0 Å². The lowest BCUT2D eigenvalue weighted by molar-refractivity contribution is -0.139. The first-order valence-electron chi connectivity index (χ1n) is 7.07. The predicted octanol–water partition coefficient (Wildman–Crippen LogP) is 3.44. The molecule has 1 aliphatic rings. The average Bonchev–Trinajstić information content (AvgIpc) is 2.92. The van der Waals surface area contributed by atoms with Crippen molar-refractivity contribution in [1.29, 1.82) is 0 Å². The number of nitrogens with zero attached hydrogens (tertiary/aromatic N) is 1. The Labute approximate surface area is 137 Å². The zero-order valence-corrected chi connectivity index (χ0v) is 12.8. The lowest BCUT2D eigenvalue weighted by atomic mass is 10.1. The maximum absolute atomic E-state index is 13.8. The summed E-state index contributed by atoms with van der Waals surface area (Å²) in [5, 5.41) is 0.534. The van der Waals surface area contributed by atoms with Crippen LogP contribution in [0, 0.1) is 11.7 Å². The molecule has 1 atom stereocenters. The van der Waals surface area contributed by atoms with Crippen molar-refractivity contribution in [2.45, 2.75) is 6.42 Å². The van der Waals surface area contributed by atoms with Crippen LogP contribution in [0.1, 0.15) is 6.42 Å². The van der Waals surface area contributed by atoms with Crippen molar-refractivity contribution in [3.8, 4) is 5.75 Å². The molecule has 1 heterocycles. The van der Waals surface area contributed by atoms with Crippen LogP contribution in [0.2, 0.25) is 5.02 Å². The van der Waals surface area contributed by atoms with Crippen LogP contribution < -0.4 is 9.64 Å². The number of carbonyl (C=O) groups excluding carboxylic acids is 2. The maximum Gasteiger partial charge on any atom is 0.316 e. The first-order valence-corrected chi connectivity index (χ1v) is 7.44. The molecule has 0 aliphatic carbocycles. The Balaban J connectivity index is 1.71. The van der Waals surface area contributed by atoms with Gasteiger partial charge in [-0.3, -0.25) is 9.59 Å². The van der Waals surface area contributed by atoms with Crippen molar-refractivity contribution in [2.24, 2.45) is 5.92 Å². The summed E-state index contributed by atoms with van der Waals surface area (Å²) < 4.78 is 19.1. The van der Waals surface area contributed by atoms with Gasteiger partial charge in [0.1, 0.15) is 11.6 Å². The number of ether oxygens (including phenoxy) is 1. The molecular weight excluding hydrogens is 321 g/mol. The number of halogens is 2. The number of para-hydroxylation sites is 1. The third-order valence-electron chi connectivity index (χ3n) is 3.63. The number of benzene rings is 2. The lowest BCUT2D eigenvalue weighted by Gasteiger charge is -2.17. The second-order valence-electron chi connectivity index (χ2n) is 5.23. The molecule has 4 nitrogen and oxygen atoms in total. The molecule has 23 heavy (non-hydrogen) atoms. The zero-order valence-electron chi connectivity index (χ0n) is 12.0. The van der Waals surface area contributed by atoms with Gasteiger partial charge >= 0.3 is 5.97 Å². The SMILES string of the molecule is O=C(Oc1ccc(Cl)cc1)C1CC(=O)N(c2ccccc2F)C1. The first kappa shape index (κ1) is 15.5. The molecule has 6 heteroatoms. The summed E-state index contributed by atoms with van der Waals surface area (Å²) in [7, 11) is 0. The number of esters is 1. The molecular formula is C17H13ClFNO3. The molecule has 1 amide bonds. The standard InChI is InChI=1S/C17H13ClFNO3/c18-12-5-7-13(8-6-12)23-17(22)11-9-16(21)20(10-11)15-4-2-1-3-14(15)19/h1-8,11H,9-10H2. The summed E-state index contributed by atoms with van der Waals surface area (Å²) in [6, 6.07) is 12.3. The van der Waals surface area contributed by atoms with Crippen molar-refractivity contribution in [3.63, 3.8) is 0 Å². The molecule has 1 aliphatic heterocycles. The van der Waals surface area contributed by atoms with Crippen molar-refractivity contribution >= 4 is 29.2 Å². The molecule has 0 saturated carbocycles. The highest BCUT2D eigenvalue weighted by molar-refractivity contribution is 6.30. The van der Waals surface area contributed by atoms with Gasteiger partial charge in [-0.2, -0.15) is 0 Å². The summed E-state index contributed by atoms with van der Waals surface area (Å²) in [6.07, 6.45) is 0.000751. The maximum atomic E-state index is 13.8. The molecule has 0 radical (unpaired) electrons. The van der Waals surface area contributed by atoms with Gasteiger partial charge in [-0.1, -0.05) is 23.7 Å². The van der Waals surface area contributed by atoms with Crippen LogP contribution in [-0.2, 0) is 9.59 Å². The Morgan fingerprint density at radius 1 is 1.17 bits per heavy atom. The van der Waals surface area contributed by atoms with Crippen LogP contribution >= 0.6 is 11.6 Å². The molecule has 0 spiro atoms. The molecule has 1 saturated heterocycles. The van der Waals surface area contributed by atoms with Crippen LogP contribution in [-0.4, -0.2) is 18.4 Å². The Kier molecular flexibility index (Phi) is 4.30. The summed E-state index contributed by atoms with van der Waals surface area (Å²) in [4.78, 5) is 25.5. The fourth-order valence-electron chi connectivity index (χ4n) is 2.47. The van der Waals surface area contributed by atoms with E-state index in [1.165, 1.54) is 17.0 Å². The number of rotatable bonds is 3. The van der Waals surface area contributed by atoms with Crippen molar-refractivity contribution in [1.82, 2.24) is 0 Å². The largest absolute Gasteiger partial charge is 0.426 e. The zero-order chi connectivity index (χ0) is 16.4. The highest BCUT2D eigenvalue weighted by atomic mass is 35.5. The first-order chi connectivity index (χ1) is 11.0. The normalized spacial score (nSPS) is 17.4. The van der Waals surface area contributed by atoms with Crippen LogP contribution in [0.15, 0.2) is 48.5 Å². The van der Waals surface area contributed by atoms with Crippen LogP contribution in [0.5, 0.6) is 5.75 Å². The topological polar surface area (TPSA) is 46.6 Å². The van der Waals surface area contributed by atoms with Crippen LogP contribution in [0.25, 0.3) is 0 Å². The summed E-state index contributed by atoms with van der Waals surface area (Å²) >= 11 is 5.77. The van der Waals surface area contributed by atoms with E-state index in [1.54, 1.807) is 36.4 Å². The highest BCUT2D eigenvalue weighted by Gasteiger charge is 2.37. The van der Waals surface area contributed by atoms with E-state index in [4.69, 9.17) is 16.3 Å². The van der Waals surface area contributed by atoms with Crippen molar-refractivity contribution in [3.05, 3.63) is 59.4 Å². The van der Waals surface area contributed by atoms with Crippen molar-refractivity contribution in [2.75, 3.05) is 11.4 Å². The van der Waals surface area contributed by atoms with Crippen molar-refractivity contribution < 1.29 is 18.7 Å². The van der Waals surface area contributed by atoms with Gasteiger partial charge in [0.2, 0.25) is 5.91 Å². The Morgan fingerprint density at radius 3 is 2.57 bits per heavy atom. The predicted molar refractivity (Wildman–Crippen MR) is 83.9 cm³/mol. The van der Waals surface area contributed by atoms with E-state index in [2.05, 4.69) is 0 Å². The molecule has 1 unspecified atom stereocenters. The fraction of sp³-hybridized carbons (Fsp3) is 0.176. The number of hydrogen-bond acceptors (Lipinski definition) is 3. The summed E-state index contributed by atoms with van der Waals surface area (Å²) in [5.41, 5.74) is 0.180. The smallest absolute Gasteiger partial charge is 0.316 e. The quantitative estimate of drug-likeness (QED) is 0.638. The minimum absolute atomic E-state index is 0.000751. The number of hydrogen-bond donors (Lipinski definition) is 0. The van der Waals surface area contributed by atoms with E-state index in [9.17, 15) is 14.0 Å². The van der Waals surface area contributed by atoms with Gasteiger partial charge in [0.15, 0.2) is 0 Å². The third kappa shape index (κ3) is 3.35. The number of amides is 1.